The van der Waals surface area contributed by atoms with Crippen molar-refractivity contribution in [3.63, 3.8) is 0 Å². The minimum atomic E-state index is 0.574. The van der Waals surface area contributed by atoms with Gasteiger partial charge in [0.15, 0.2) is 0 Å². The summed E-state index contributed by atoms with van der Waals surface area (Å²) in [6.45, 7) is 2.59. The summed E-state index contributed by atoms with van der Waals surface area (Å²) in [5.41, 5.74) is 7.44. The average Bonchev–Trinajstić information content (AvgIpc) is 2.68. The number of hydrogen-bond donors (Lipinski definition) is 1. The number of anilines is 2. The van der Waals surface area contributed by atoms with Gasteiger partial charge in [-0.15, -0.1) is 0 Å². The van der Waals surface area contributed by atoms with Gasteiger partial charge in [-0.2, -0.15) is 0 Å². The number of para-hydroxylation sites is 1. The van der Waals surface area contributed by atoms with Gasteiger partial charge >= 0.3 is 0 Å². The molecule has 0 radical (unpaired) electrons. The molecule has 3 nitrogen and oxygen atoms in total. The molecule has 1 heterocycles. The Hall–Kier alpha value is -1.61. The summed E-state index contributed by atoms with van der Waals surface area (Å²) < 4.78 is 5.53. The highest BCUT2D eigenvalue weighted by molar-refractivity contribution is 6.33. The molecule has 2 rings (SSSR count). The standard InChI is InChI=1S/C13H15ClN2O/c1-9-6-7-10(17-9)8-16(2)12-5-3-4-11(14)13(12)15/h3-7H,8,15H2,1-2H3. The zero-order valence-corrected chi connectivity index (χ0v) is 10.7. The monoisotopic (exact) mass is 250 g/mol. The van der Waals surface area contributed by atoms with E-state index in [1.165, 1.54) is 0 Å². The summed E-state index contributed by atoms with van der Waals surface area (Å²) in [5.74, 6) is 1.82. The fourth-order valence-electron chi connectivity index (χ4n) is 1.75. The number of nitrogen functional groups attached to an aromatic ring is 1. The molecule has 0 saturated heterocycles. The van der Waals surface area contributed by atoms with Crippen LogP contribution in [0.15, 0.2) is 34.7 Å². The Kier molecular flexibility index (Phi) is 3.29. The number of aryl methyl sites for hydroxylation is 1. The summed E-state index contributed by atoms with van der Waals surface area (Å²) in [4.78, 5) is 2.01. The molecule has 0 aliphatic rings. The molecule has 1 aromatic carbocycles. The summed E-state index contributed by atoms with van der Waals surface area (Å²) >= 11 is 5.99. The van der Waals surface area contributed by atoms with E-state index in [9.17, 15) is 0 Å². The first-order valence-electron chi connectivity index (χ1n) is 5.38. The topological polar surface area (TPSA) is 42.4 Å². The van der Waals surface area contributed by atoms with Crippen LogP contribution < -0.4 is 10.6 Å². The van der Waals surface area contributed by atoms with E-state index in [1.807, 2.05) is 43.1 Å². The maximum Gasteiger partial charge on any atom is 0.123 e. The van der Waals surface area contributed by atoms with Crippen LogP contribution in [0.1, 0.15) is 11.5 Å². The molecule has 17 heavy (non-hydrogen) atoms. The third-order valence-electron chi connectivity index (χ3n) is 2.63. The fraction of sp³-hybridized carbons (Fsp3) is 0.231. The maximum atomic E-state index is 5.99. The van der Waals surface area contributed by atoms with Crippen LogP contribution in [0.25, 0.3) is 0 Å². The third-order valence-corrected chi connectivity index (χ3v) is 2.96. The van der Waals surface area contributed by atoms with Crippen LogP contribution in [0.4, 0.5) is 11.4 Å². The lowest BCUT2D eigenvalue weighted by Crippen LogP contribution is -2.17. The first-order valence-corrected chi connectivity index (χ1v) is 5.76. The van der Waals surface area contributed by atoms with Crippen molar-refractivity contribution >= 4 is 23.0 Å². The molecule has 0 fully saturated rings. The third kappa shape index (κ3) is 2.56. The predicted molar refractivity (Wildman–Crippen MR) is 71.4 cm³/mol. The summed E-state index contributed by atoms with van der Waals surface area (Å²) in [6.07, 6.45) is 0. The Balaban J connectivity index is 2.20. The zero-order valence-electron chi connectivity index (χ0n) is 9.90. The van der Waals surface area contributed by atoms with Crippen LogP contribution in [-0.4, -0.2) is 7.05 Å². The van der Waals surface area contributed by atoms with E-state index >= 15 is 0 Å². The van der Waals surface area contributed by atoms with Crippen molar-refractivity contribution in [1.82, 2.24) is 0 Å². The predicted octanol–water partition coefficient (Wildman–Crippen LogP) is 3.46. The lowest BCUT2D eigenvalue weighted by molar-refractivity contribution is 0.482. The molecule has 0 amide bonds. The highest BCUT2D eigenvalue weighted by atomic mass is 35.5. The molecule has 0 saturated carbocycles. The summed E-state index contributed by atoms with van der Waals surface area (Å²) in [5, 5.41) is 0.574. The molecule has 2 aromatic rings. The molecule has 0 aliphatic heterocycles. The molecule has 4 heteroatoms. The number of halogens is 1. The first kappa shape index (κ1) is 11.9. The molecule has 90 valence electrons. The number of rotatable bonds is 3. The quantitative estimate of drug-likeness (QED) is 0.849. The van der Waals surface area contributed by atoms with Crippen molar-refractivity contribution in [2.24, 2.45) is 0 Å². The number of hydrogen-bond acceptors (Lipinski definition) is 3. The van der Waals surface area contributed by atoms with Crippen molar-refractivity contribution in [3.8, 4) is 0 Å². The smallest absolute Gasteiger partial charge is 0.123 e. The van der Waals surface area contributed by atoms with Crippen LogP contribution >= 0.6 is 11.6 Å². The summed E-state index contributed by atoms with van der Waals surface area (Å²) in [7, 11) is 1.96. The van der Waals surface area contributed by atoms with E-state index in [2.05, 4.69) is 0 Å². The molecule has 0 atom stereocenters. The minimum Gasteiger partial charge on any atom is -0.464 e. The maximum absolute atomic E-state index is 5.99. The van der Waals surface area contributed by atoms with E-state index < -0.39 is 0 Å². The SMILES string of the molecule is Cc1ccc(CN(C)c2cccc(Cl)c2N)o1. The highest BCUT2D eigenvalue weighted by Crippen LogP contribution is 2.30. The van der Waals surface area contributed by atoms with E-state index in [0.29, 0.717) is 17.3 Å². The Morgan fingerprint density at radius 2 is 2.06 bits per heavy atom. The molecule has 0 aliphatic carbocycles. The Morgan fingerprint density at radius 3 is 2.71 bits per heavy atom. The van der Waals surface area contributed by atoms with E-state index in [4.69, 9.17) is 21.8 Å². The van der Waals surface area contributed by atoms with Gasteiger partial charge in [0, 0.05) is 7.05 Å². The van der Waals surface area contributed by atoms with Gasteiger partial charge in [-0.3, -0.25) is 0 Å². The Bertz CT molecular complexity index is 522. The molecule has 0 spiro atoms. The van der Waals surface area contributed by atoms with Crippen molar-refractivity contribution < 1.29 is 4.42 Å². The molecule has 0 unspecified atom stereocenters. The second-order valence-electron chi connectivity index (χ2n) is 4.04. The Morgan fingerprint density at radius 1 is 1.29 bits per heavy atom. The van der Waals surface area contributed by atoms with Crippen LogP contribution in [0.2, 0.25) is 5.02 Å². The van der Waals surface area contributed by atoms with Gasteiger partial charge < -0.3 is 15.1 Å². The first-order chi connectivity index (χ1) is 8.08. The highest BCUT2D eigenvalue weighted by Gasteiger charge is 2.09. The molecule has 2 N–H and O–H groups in total. The second-order valence-corrected chi connectivity index (χ2v) is 4.45. The van der Waals surface area contributed by atoms with E-state index in [1.54, 1.807) is 6.07 Å². The average molecular weight is 251 g/mol. The normalized spacial score (nSPS) is 10.5. The van der Waals surface area contributed by atoms with Crippen molar-refractivity contribution in [2.75, 3.05) is 17.7 Å². The Labute approximate surface area is 106 Å². The van der Waals surface area contributed by atoms with Crippen molar-refractivity contribution in [1.29, 1.82) is 0 Å². The largest absolute Gasteiger partial charge is 0.464 e. The van der Waals surface area contributed by atoms with Gasteiger partial charge in [0.25, 0.3) is 0 Å². The number of benzene rings is 1. The number of nitrogens with zero attached hydrogens (tertiary/aromatic N) is 1. The van der Waals surface area contributed by atoms with E-state index in [0.717, 1.165) is 17.2 Å². The van der Waals surface area contributed by atoms with Gasteiger partial charge in [-0.25, -0.2) is 0 Å². The number of furan rings is 1. The van der Waals surface area contributed by atoms with Crippen LogP contribution in [-0.2, 0) is 6.54 Å². The van der Waals surface area contributed by atoms with Crippen LogP contribution in [0, 0.1) is 6.92 Å². The summed E-state index contributed by atoms with van der Waals surface area (Å²) in [6, 6.07) is 9.53. The second kappa shape index (κ2) is 4.72. The van der Waals surface area contributed by atoms with Gasteiger partial charge in [0.1, 0.15) is 11.5 Å². The molecule has 0 bridgehead atoms. The zero-order chi connectivity index (χ0) is 12.4. The van der Waals surface area contributed by atoms with Gasteiger partial charge in [0.05, 0.1) is 22.9 Å². The number of nitrogens with two attached hydrogens (primary N) is 1. The van der Waals surface area contributed by atoms with Crippen molar-refractivity contribution in [2.45, 2.75) is 13.5 Å². The van der Waals surface area contributed by atoms with E-state index in [-0.39, 0.29) is 0 Å². The fourth-order valence-corrected chi connectivity index (χ4v) is 1.92. The lowest BCUT2D eigenvalue weighted by atomic mass is 10.2. The lowest BCUT2D eigenvalue weighted by Gasteiger charge is -2.20. The van der Waals surface area contributed by atoms with Crippen molar-refractivity contribution in [3.05, 3.63) is 46.9 Å². The van der Waals surface area contributed by atoms with Crippen LogP contribution in [0.5, 0.6) is 0 Å². The minimum absolute atomic E-state index is 0.574. The molecular weight excluding hydrogens is 236 g/mol. The van der Waals surface area contributed by atoms with Gasteiger partial charge in [-0.05, 0) is 31.2 Å². The van der Waals surface area contributed by atoms with Gasteiger partial charge in [-0.1, -0.05) is 17.7 Å². The van der Waals surface area contributed by atoms with Gasteiger partial charge in [0.2, 0.25) is 0 Å². The molecule has 1 aromatic heterocycles. The van der Waals surface area contributed by atoms with Crippen LogP contribution in [0.3, 0.4) is 0 Å². The molecular formula is C13H15ClN2O.